The molecule has 0 aliphatic heterocycles. The third-order valence-corrected chi connectivity index (χ3v) is 2.39. The van der Waals surface area contributed by atoms with E-state index in [2.05, 4.69) is 31.0 Å². The summed E-state index contributed by atoms with van der Waals surface area (Å²) in [5, 5.41) is 2.88. The van der Waals surface area contributed by atoms with Crippen molar-refractivity contribution in [3.05, 3.63) is 0 Å². The molecule has 4 heteroatoms. The van der Waals surface area contributed by atoms with Crippen LogP contribution in [0.3, 0.4) is 0 Å². The lowest BCUT2D eigenvalue weighted by Crippen LogP contribution is -2.44. The van der Waals surface area contributed by atoms with Gasteiger partial charge in [-0.25, -0.2) is 4.79 Å². The molecule has 0 aliphatic carbocycles. The van der Waals surface area contributed by atoms with Crippen molar-refractivity contribution in [2.75, 3.05) is 33.7 Å². The Bertz CT molecular complexity index is 167. The average Bonchev–Trinajstić information content (AvgIpc) is 2.15. The SMILES string of the molecule is CCN(CC)C(C)CNC(=O)N(C)C. The summed E-state index contributed by atoms with van der Waals surface area (Å²) in [6.07, 6.45) is 0. The van der Waals surface area contributed by atoms with Crippen molar-refractivity contribution in [1.29, 1.82) is 0 Å². The Balaban J connectivity index is 3.83. The van der Waals surface area contributed by atoms with Crippen molar-refractivity contribution in [1.82, 2.24) is 15.1 Å². The predicted octanol–water partition coefficient (Wildman–Crippen LogP) is 0.988. The highest BCUT2D eigenvalue weighted by Crippen LogP contribution is 1.96. The zero-order chi connectivity index (χ0) is 11.1. The number of carbonyl (C=O) groups is 1. The van der Waals surface area contributed by atoms with Gasteiger partial charge < -0.3 is 10.2 Å². The summed E-state index contributed by atoms with van der Waals surface area (Å²) in [6, 6.07) is 0.373. The van der Waals surface area contributed by atoms with E-state index in [-0.39, 0.29) is 6.03 Å². The number of likely N-dealkylation sites (N-methyl/N-ethyl adjacent to an activating group) is 1. The van der Waals surface area contributed by atoms with Gasteiger partial charge in [0.15, 0.2) is 0 Å². The van der Waals surface area contributed by atoms with Crippen LogP contribution in [0, 0.1) is 0 Å². The van der Waals surface area contributed by atoms with Crippen LogP contribution in [0.1, 0.15) is 20.8 Å². The van der Waals surface area contributed by atoms with Gasteiger partial charge >= 0.3 is 6.03 Å². The van der Waals surface area contributed by atoms with E-state index in [1.807, 2.05) is 0 Å². The minimum absolute atomic E-state index is 0.0241. The van der Waals surface area contributed by atoms with Gasteiger partial charge in [-0.2, -0.15) is 0 Å². The van der Waals surface area contributed by atoms with Gasteiger partial charge in [0.25, 0.3) is 0 Å². The zero-order valence-corrected chi connectivity index (χ0v) is 10.0. The molecular formula is C10H23N3O. The summed E-state index contributed by atoms with van der Waals surface area (Å²) in [7, 11) is 3.49. The standard InChI is InChI=1S/C10H23N3O/c1-6-13(7-2)9(3)8-11-10(14)12(4)5/h9H,6-8H2,1-5H3,(H,11,14). The summed E-state index contributed by atoms with van der Waals surface area (Å²) in [4.78, 5) is 15.1. The highest BCUT2D eigenvalue weighted by Gasteiger charge is 2.11. The molecule has 0 aliphatic rings. The van der Waals surface area contributed by atoms with Crippen LogP contribution in [-0.2, 0) is 0 Å². The topological polar surface area (TPSA) is 35.6 Å². The summed E-state index contributed by atoms with van der Waals surface area (Å²) >= 11 is 0. The molecule has 0 bridgehead atoms. The molecule has 0 aromatic carbocycles. The van der Waals surface area contributed by atoms with E-state index < -0.39 is 0 Å². The molecule has 1 unspecified atom stereocenters. The third-order valence-electron chi connectivity index (χ3n) is 2.39. The lowest BCUT2D eigenvalue weighted by Gasteiger charge is -2.26. The number of nitrogens with zero attached hydrogens (tertiary/aromatic N) is 2. The third kappa shape index (κ3) is 4.46. The summed E-state index contributed by atoms with van der Waals surface area (Å²) < 4.78 is 0. The Morgan fingerprint density at radius 3 is 2.14 bits per heavy atom. The summed E-state index contributed by atoms with van der Waals surface area (Å²) in [5.41, 5.74) is 0. The number of carbonyl (C=O) groups excluding carboxylic acids is 1. The average molecular weight is 201 g/mol. The molecule has 0 fully saturated rings. The van der Waals surface area contributed by atoms with Gasteiger partial charge in [-0.05, 0) is 20.0 Å². The molecule has 0 saturated carbocycles. The summed E-state index contributed by atoms with van der Waals surface area (Å²) in [5.74, 6) is 0. The molecule has 1 atom stereocenters. The quantitative estimate of drug-likeness (QED) is 0.720. The van der Waals surface area contributed by atoms with E-state index >= 15 is 0 Å². The van der Waals surface area contributed by atoms with E-state index in [1.54, 1.807) is 19.0 Å². The second-order valence-corrected chi connectivity index (χ2v) is 3.65. The van der Waals surface area contributed by atoms with Crippen LogP contribution in [0.5, 0.6) is 0 Å². The molecule has 1 N–H and O–H groups in total. The number of rotatable bonds is 5. The van der Waals surface area contributed by atoms with Crippen LogP contribution in [0.15, 0.2) is 0 Å². The fraction of sp³-hybridized carbons (Fsp3) is 0.900. The number of hydrogen-bond acceptors (Lipinski definition) is 2. The minimum Gasteiger partial charge on any atom is -0.336 e. The first-order valence-corrected chi connectivity index (χ1v) is 5.22. The Morgan fingerprint density at radius 1 is 1.29 bits per heavy atom. The van der Waals surface area contributed by atoms with Crippen molar-refractivity contribution in [3.8, 4) is 0 Å². The molecule has 14 heavy (non-hydrogen) atoms. The molecule has 2 amide bonds. The van der Waals surface area contributed by atoms with Crippen LogP contribution >= 0.6 is 0 Å². The highest BCUT2D eigenvalue weighted by atomic mass is 16.2. The maximum absolute atomic E-state index is 11.2. The van der Waals surface area contributed by atoms with E-state index in [0.29, 0.717) is 12.6 Å². The molecule has 0 saturated heterocycles. The van der Waals surface area contributed by atoms with Crippen molar-refractivity contribution in [2.45, 2.75) is 26.8 Å². The summed E-state index contributed by atoms with van der Waals surface area (Å²) in [6.45, 7) is 9.15. The molecule has 84 valence electrons. The molecule has 4 nitrogen and oxygen atoms in total. The molecule has 0 heterocycles. The predicted molar refractivity (Wildman–Crippen MR) is 59.5 cm³/mol. The zero-order valence-electron chi connectivity index (χ0n) is 10.0. The first kappa shape index (κ1) is 13.2. The van der Waals surface area contributed by atoms with Gasteiger partial charge in [0.1, 0.15) is 0 Å². The van der Waals surface area contributed by atoms with Crippen molar-refractivity contribution < 1.29 is 4.79 Å². The molecule has 0 spiro atoms. The minimum atomic E-state index is -0.0241. The number of urea groups is 1. The maximum atomic E-state index is 11.2. The smallest absolute Gasteiger partial charge is 0.316 e. The number of amides is 2. The number of nitrogens with one attached hydrogen (secondary N) is 1. The number of hydrogen-bond donors (Lipinski definition) is 1. The largest absolute Gasteiger partial charge is 0.336 e. The van der Waals surface area contributed by atoms with Crippen LogP contribution in [0.25, 0.3) is 0 Å². The van der Waals surface area contributed by atoms with Crippen molar-refractivity contribution in [3.63, 3.8) is 0 Å². The fourth-order valence-electron chi connectivity index (χ4n) is 1.37. The Morgan fingerprint density at radius 2 is 1.79 bits per heavy atom. The monoisotopic (exact) mass is 201 g/mol. The Kier molecular flexibility index (Phi) is 6.28. The van der Waals surface area contributed by atoms with Crippen molar-refractivity contribution in [2.24, 2.45) is 0 Å². The lowest BCUT2D eigenvalue weighted by atomic mass is 10.3. The second-order valence-electron chi connectivity index (χ2n) is 3.65. The normalized spacial score (nSPS) is 12.7. The first-order chi connectivity index (χ1) is 6.52. The van der Waals surface area contributed by atoms with Crippen LogP contribution in [0.2, 0.25) is 0 Å². The Hall–Kier alpha value is -0.770. The lowest BCUT2D eigenvalue weighted by molar-refractivity contribution is 0.201. The van der Waals surface area contributed by atoms with E-state index in [1.165, 1.54) is 0 Å². The fourth-order valence-corrected chi connectivity index (χ4v) is 1.37. The molecular weight excluding hydrogens is 178 g/mol. The van der Waals surface area contributed by atoms with Gasteiger partial charge in [0.2, 0.25) is 0 Å². The molecule has 0 radical (unpaired) electrons. The van der Waals surface area contributed by atoms with Crippen LogP contribution in [0.4, 0.5) is 4.79 Å². The van der Waals surface area contributed by atoms with Crippen LogP contribution < -0.4 is 5.32 Å². The first-order valence-electron chi connectivity index (χ1n) is 5.22. The van der Waals surface area contributed by atoms with Gasteiger partial charge in [-0.3, -0.25) is 4.90 Å². The van der Waals surface area contributed by atoms with E-state index in [4.69, 9.17) is 0 Å². The van der Waals surface area contributed by atoms with Crippen molar-refractivity contribution >= 4 is 6.03 Å². The highest BCUT2D eigenvalue weighted by molar-refractivity contribution is 5.73. The van der Waals surface area contributed by atoms with E-state index in [9.17, 15) is 4.79 Å². The van der Waals surface area contributed by atoms with Crippen LogP contribution in [-0.4, -0.2) is 55.6 Å². The van der Waals surface area contributed by atoms with Gasteiger partial charge in [0, 0.05) is 26.7 Å². The van der Waals surface area contributed by atoms with Gasteiger partial charge in [-0.1, -0.05) is 13.8 Å². The van der Waals surface area contributed by atoms with Gasteiger partial charge in [0.05, 0.1) is 0 Å². The molecule has 0 aromatic heterocycles. The Labute approximate surface area is 87.3 Å². The van der Waals surface area contributed by atoms with Gasteiger partial charge in [-0.15, -0.1) is 0 Å². The maximum Gasteiger partial charge on any atom is 0.316 e. The van der Waals surface area contributed by atoms with E-state index in [0.717, 1.165) is 13.1 Å². The molecule has 0 aromatic rings. The molecule has 0 rings (SSSR count). The second kappa shape index (κ2) is 6.65.